The number of fused-ring (bicyclic) bond motifs is 2. The lowest BCUT2D eigenvalue weighted by Gasteiger charge is -2.14. The molecule has 1 aliphatic heterocycles. The van der Waals surface area contributed by atoms with Crippen molar-refractivity contribution in [1.29, 1.82) is 0 Å². The molecule has 0 atom stereocenters. The Balaban J connectivity index is 1.39. The number of benzene rings is 4. The van der Waals surface area contributed by atoms with Crippen molar-refractivity contribution in [2.75, 3.05) is 20.0 Å². The van der Waals surface area contributed by atoms with E-state index in [0.29, 0.717) is 13.2 Å². The van der Waals surface area contributed by atoms with Crippen molar-refractivity contribution in [2.24, 2.45) is 0 Å². The Morgan fingerprint density at radius 1 is 0.789 bits per heavy atom. The van der Waals surface area contributed by atoms with Gasteiger partial charge >= 0.3 is 0 Å². The van der Waals surface area contributed by atoms with Crippen LogP contribution < -0.4 is 18.9 Å². The predicted octanol–water partition coefficient (Wildman–Crippen LogP) is 6.34. The van der Waals surface area contributed by atoms with Crippen LogP contribution in [0, 0.1) is 6.92 Å². The van der Waals surface area contributed by atoms with E-state index in [0.717, 1.165) is 56.3 Å². The average Bonchev–Trinajstić information content (AvgIpc) is 3.54. The number of aromatic nitrogens is 1. The highest BCUT2D eigenvalue weighted by Gasteiger charge is 2.20. The molecule has 1 N–H and O–H groups in total. The van der Waals surface area contributed by atoms with Crippen LogP contribution in [0.2, 0.25) is 0 Å². The van der Waals surface area contributed by atoms with E-state index in [-0.39, 0.29) is 20.0 Å². The first-order valence-corrected chi connectivity index (χ1v) is 12.7. The summed E-state index contributed by atoms with van der Waals surface area (Å²) < 4.78 is 25.3. The predicted molar refractivity (Wildman–Crippen MR) is 147 cm³/mol. The molecule has 192 valence electrons. The van der Waals surface area contributed by atoms with Crippen molar-refractivity contribution in [1.82, 2.24) is 4.57 Å². The Hall–Kier alpha value is -4.42. The Labute approximate surface area is 221 Å². The fourth-order valence-corrected chi connectivity index (χ4v) is 4.95. The van der Waals surface area contributed by atoms with Gasteiger partial charge < -0.3 is 28.6 Å². The van der Waals surface area contributed by atoms with Crippen molar-refractivity contribution in [2.45, 2.75) is 20.1 Å². The molecule has 0 spiro atoms. The van der Waals surface area contributed by atoms with Crippen LogP contribution in [0.3, 0.4) is 0 Å². The molecule has 0 amide bonds. The highest BCUT2D eigenvalue weighted by molar-refractivity contribution is 5.93. The molecule has 0 bridgehead atoms. The van der Waals surface area contributed by atoms with E-state index >= 15 is 0 Å². The summed E-state index contributed by atoms with van der Waals surface area (Å²) in [5.74, 6) is 3.11. The van der Waals surface area contributed by atoms with Crippen LogP contribution in [-0.2, 0) is 13.2 Å². The highest BCUT2D eigenvalue weighted by atomic mass is 16.7. The zero-order valence-corrected chi connectivity index (χ0v) is 21.2. The SMILES string of the molecule is Cc1c(-c2ccc3c(c2)OCO3)n(Cc2ccc(OCCO)cc2)c2ccc(OCc3ccccc3)cc12. The lowest BCUT2D eigenvalue weighted by Crippen LogP contribution is -2.04. The maximum Gasteiger partial charge on any atom is 0.231 e. The molecule has 0 saturated heterocycles. The van der Waals surface area contributed by atoms with Crippen LogP contribution >= 0.6 is 0 Å². The number of aliphatic hydroxyl groups is 1. The second-order valence-corrected chi connectivity index (χ2v) is 9.30. The summed E-state index contributed by atoms with van der Waals surface area (Å²) in [5, 5.41) is 10.2. The van der Waals surface area contributed by atoms with Gasteiger partial charge in [0.1, 0.15) is 24.7 Å². The zero-order valence-electron chi connectivity index (χ0n) is 21.2. The topological polar surface area (TPSA) is 62.1 Å². The van der Waals surface area contributed by atoms with Crippen LogP contribution in [0.5, 0.6) is 23.0 Å². The first-order chi connectivity index (χ1) is 18.7. The van der Waals surface area contributed by atoms with Gasteiger partial charge in [-0.05, 0) is 72.1 Å². The van der Waals surface area contributed by atoms with Gasteiger partial charge in [0.25, 0.3) is 0 Å². The third kappa shape index (κ3) is 4.78. The fraction of sp³-hybridized carbons (Fsp3) is 0.188. The van der Waals surface area contributed by atoms with Crippen molar-refractivity contribution in [3.05, 3.63) is 108 Å². The summed E-state index contributed by atoms with van der Waals surface area (Å²) in [6, 6.07) is 30.6. The van der Waals surface area contributed by atoms with Crippen LogP contribution in [0.15, 0.2) is 91.0 Å². The Kier molecular flexibility index (Phi) is 6.63. The van der Waals surface area contributed by atoms with Crippen molar-refractivity contribution >= 4 is 10.9 Å². The molecule has 6 heteroatoms. The molecule has 4 aromatic carbocycles. The van der Waals surface area contributed by atoms with E-state index in [1.807, 2.05) is 42.5 Å². The molecule has 38 heavy (non-hydrogen) atoms. The first-order valence-electron chi connectivity index (χ1n) is 12.7. The molecule has 5 aromatic rings. The lowest BCUT2D eigenvalue weighted by molar-refractivity contribution is 0.174. The van der Waals surface area contributed by atoms with Crippen LogP contribution in [0.4, 0.5) is 0 Å². The summed E-state index contributed by atoms with van der Waals surface area (Å²) >= 11 is 0. The van der Waals surface area contributed by atoms with Gasteiger partial charge in [0, 0.05) is 23.0 Å². The second kappa shape index (κ2) is 10.5. The highest BCUT2D eigenvalue weighted by Crippen LogP contribution is 2.40. The van der Waals surface area contributed by atoms with E-state index < -0.39 is 0 Å². The Morgan fingerprint density at radius 3 is 2.39 bits per heavy atom. The minimum Gasteiger partial charge on any atom is -0.491 e. The van der Waals surface area contributed by atoms with Gasteiger partial charge in [-0.25, -0.2) is 0 Å². The van der Waals surface area contributed by atoms with E-state index in [1.165, 1.54) is 5.56 Å². The number of rotatable bonds is 9. The van der Waals surface area contributed by atoms with Gasteiger partial charge in [-0.1, -0.05) is 42.5 Å². The summed E-state index contributed by atoms with van der Waals surface area (Å²) in [5.41, 5.74) is 6.77. The summed E-state index contributed by atoms with van der Waals surface area (Å²) in [6.45, 7) is 3.87. The van der Waals surface area contributed by atoms with Gasteiger partial charge in [-0.15, -0.1) is 0 Å². The van der Waals surface area contributed by atoms with E-state index in [1.54, 1.807) is 0 Å². The van der Waals surface area contributed by atoms with Crippen LogP contribution in [0.25, 0.3) is 22.2 Å². The van der Waals surface area contributed by atoms with Gasteiger partial charge in [-0.2, -0.15) is 0 Å². The molecule has 0 saturated carbocycles. The van der Waals surface area contributed by atoms with E-state index in [9.17, 15) is 0 Å². The standard InChI is InChI=1S/C32H29NO5/c1-22-28-18-27(36-20-24-5-3-2-4-6-24)12-13-29(28)33(19-23-7-10-26(11-8-23)35-16-15-34)32(22)25-9-14-30-31(17-25)38-21-37-30/h2-14,17-18,34H,15-16,19-21H2,1H3. The number of hydrogen-bond donors (Lipinski definition) is 1. The quantitative estimate of drug-likeness (QED) is 0.252. The minimum atomic E-state index is -0.00761. The number of hydrogen-bond acceptors (Lipinski definition) is 5. The van der Waals surface area contributed by atoms with Crippen molar-refractivity contribution in [3.63, 3.8) is 0 Å². The Bertz CT molecular complexity index is 1560. The van der Waals surface area contributed by atoms with Crippen molar-refractivity contribution < 1.29 is 24.1 Å². The minimum absolute atomic E-state index is 0.00761. The average molecular weight is 508 g/mol. The molecular formula is C32H29NO5. The van der Waals surface area contributed by atoms with Crippen molar-refractivity contribution in [3.8, 4) is 34.3 Å². The molecule has 2 heterocycles. The maximum atomic E-state index is 9.03. The molecule has 0 unspecified atom stereocenters. The summed E-state index contributed by atoms with van der Waals surface area (Å²) in [4.78, 5) is 0. The number of ether oxygens (including phenoxy) is 4. The molecule has 1 aliphatic rings. The lowest BCUT2D eigenvalue weighted by atomic mass is 10.1. The molecule has 6 rings (SSSR count). The number of nitrogens with zero attached hydrogens (tertiary/aromatic N) is 1. The Morgan fingerprint density at radius 2 is 1.58 bits per heavy atom. The van der Waals surface area contributed by atoms with E-state index in [4.69, 9.17) is 24.1 Å². The fourth-order valence-electron chi connectivity index (χ4n) is 4.95. The van der Waals surface area contributed by atoms with Gasteiger partial charge in [0.2, 0.25) is 6.79 Å². The van der Waals surface area contributed by atoms with Gasteiger partial charge in [-0.3, -0.25) is 0 Å². The molecule has 1 aromatic heterocycles. The number of aliphatic hydroxyl groups excluding tert-OH is 1. The largest absolute Gasteiger partial charge is 0.491 e. The summed E-state index contributed by atoms with van der Waals surface area (Å²) in [7, 11) is 0. The second-order valence-electron chi connectivity index (χ2n) is 9.30. The van der Waals surface area contributed by atoms with Gasteiger partial charge in [0.15, 0.2) is 11.5 Å². The monoisotopic (exact) mass is 507 g/mol. The van der Waals surface area contributed by atoms with Crippen LogP contribution in [-0.4, -0.2) is 29.7 Å². The van der Waals surface area contributed by atoms with Gasteiger partial charge in [0.05, 0.1) is 12.3 Å². The molecule has 0 fully saturated rings. The third-order valence-corrected chi connectivity index (χ3v) is 6.81. The molecule has 0 aliphatic carbocycles. The first kappa shape index (κ1) is 23.9. The normalized spacial score (nSPS) is 12.2. The molecule has 6 nitrogen and oxygen atoms in total. The molecule has 0 radical (unpaired) electrons. The van der Waals surface area contributed by atoms with E-state index in [2.05, 4.69) is 60.0 Å². The maximum absolute atomic E-state index is 9.03. The smallest absolute Gasteiger partial charge is 0.231 e. The number of aryl methyl sites for hydroxylation is 1. The summed E-state index contributed by atoms with van der Waals surface area (Å²) in [6.07, 6.45) is 0. The van der Waals surface area contributed by atoms with Crippen LogP contribution in [0.1, 0.15) is 16.7 Å². The third-order valence-electron chi connectivity index (χ3n) is 6.81. The molecular weight excluding hydrogens is 478 g/mol. The zero-order chi connectivity index (χ0) is 25.9.